The Balaban J connectivity index is 2.28. The van der Waals surface area contributed by atoms with E-state index in [-0.39, 0.29) is 5.41 Å². The van der Waals surface area contributed by atoms with Crippen LogP contribution in [0.15, 0.2) is 71.2 Å². The van der Waals surface area contributed by atoms with Gasteiger partial charge in [-0.15, -0.1) is 0 Å². The minimum Gasteiger partial charge on any atom is -0.310 e. The molecule has 0 aliphatic heterocycles. The van der Waals surface area contributed by atoms with E-state index >= 15 is 0 Å². The molecule has 1 nitrogen and oxygen atoms in total. The number of aryl methyl sites for hydroxylation is 2. The third kappa shape index (κ3) is 3.86. The number of nitrogens with zero attached hydrogens (tertiary/aromatic N) is 1. The zero-order chi connectivity index (χ0) is 18.9. The van der Waals surface area contributed by atoms with Crippen molar-refractivity contribution in [3.8, 4) is 0 Å². The van der Waals surface area contributed by atoms with Crippen LogP contribution in [-0.2, 0) is 5.41 Å². The first-order valence-electron chi connectivity index (χ1n) is 9.00. The van der Waals surface area contributed by atoms with E-state index in [1.54, 1.807) is 0 Å². The third-order valence-corrected chi connectivity index (χ3v) is 5.14. The van der Waals surface area contributed by atoms with Crippen LogP contribution < -0.4 is 4.90 Å². The molecule has 0 amide bonds. The van der Waals surface area contributed by atoms with Crippen molar-refractivity contribution >= 4 is 33.0 Å². The molecule has 0 saturated heterocycles. The normalized spacial score (nSPS) is 11.5. The molecule has 2 heteroatoms. The van der Waals surface area contributed by atoms with Crippen molar-refractivity contribution in [1.82, 2.24) is 0 Å². The van der Waals surface area contributed by atoms with Crippen LogP contribution in [0.4, 0.5) is 17.1 Å². The smallest absolute Gasteiger partial charge is 0.0519 e. The first-order chi connectivity index (χ1) is 12.3. The van der Waals surface area contributed by atoms with Crippen LogP contribution in [0.1, 0.15) is 37.5 Å². The van der Waals surface area contributed by atoms with Gasteiger partial charge in [-0.05, 0) is 66.3 Å². The van der Waals surface area contributed by atoms with E-state index in [1.807, 2.05) is 0 Å². The molecule has 0 radical (unpaired) electrons. The minimum absolute atomic E-state index is 0.0850. The molecule has 0 fully saturated rings. The highest BCUT2D eigenvalue weighted by atomic mass is 79.9. The Kier molecular flexibility index (Phi) is 5.24. The van der Waals surface area contributed by atoms with E-state index in [4.69, 9.17) is 0 Å². The Labute approximate surface area is 165 Å². The highest BCUT2D eigenvalue weighted by Gasteiger charge is 2.20. The van der Waals surface area contributed by atoms with E-state index in [1.165, 1.54) is 33.8 Å². The third-order valence-electron chi connectivity index (χ3n) is 4.68. The molecule has 0 aliphatic carbocycles. The molecule has 0 saturated carbocycles. The first-order valence-corrected chi connectivity index (χ1v) is 9.79. The van der Waals surface area contributed by atoms with Crippen molar-refractivity contribution < 1.29 is 0 Å². The summed E-state index contributed by atoms with van der Waals surface area (Å²) in [6.45, 7) is 11.1. The summed E-state index contributed by atoms with van der Waals surface area (Å²) in [5.74, 6) is 0. The quantitative estimate of drug-likeness (QED) is 0.427. The standard InChI is InChI=1S/C24H26BrN/c1-17-10-9-11-18(2)23(17)26(21-12-7-6-8-13-21)22-15-19(24(3,4)5)14-20(25)16-22/h6-16H,1-5H3. The summed E-state index contributed by atoms with van der Waals surface area (Å²) >= 11 is 3.73. The molecule has 3 rings (SSSR count). The van der Waals surface area contributed by atoms with Crippen LogP contribution >= 0.6 is 15.9 Å². The Morgan fingerprint density at radius 3 is 1.92 bits per heavy atom. The molecule has 134 valence electrons. The Morgan fingerprint density at radius 2 is 1.35 bits per heavy atom. The molecule has 0 aliphatic rings. The maximum Gasteiger partial charge on any atom is 0.0519 e. The van der Waals surface area contributed by atoms with Gasteiger partial charge in [0.1, 0.15) is 0 Å². The zero-order valence-corrected chi connectivity index (χ0v) is 17.8. The lowest BCUT2D eigenvalue weighted by Crippen LogP contribution is -2.16. The largest absolute Gasteiger partial charge is 0.310 e. The van der Waals surface area contributed by atoms with E-state index in [0.717, 1.165) is 4.47 Å². The molecular formula is C24H26BrN. The summed E-state index contributed by atoms with van der Waals surface area (Å²) < 4.78 is 1.10. The Morgan fingerprint density at radius 1 is 0.731 bits per heavy atom. The molecule has 0 spiro atoms. The second-order valence-corrected chi connectivity index (χ2v) is 8.78. The lowest BCUT2D eigenvalue weighted by molar-refractivity contribution is 0.590. The first kappa shape index (κ1) is 18.7. The van der Waals surface area contributed by atoms with Crippen LogP contribution in [-0.4, -0.2) is 0 Å². The SMILES string of the molecule is Cc1cccc(C)c1N(c1ccccc1)c1cc(Br)cc(C(C)(C)C)c1. The van der Waals surface area contributed by atoms with Crippen LogP contribution in [0.5, 0.6) is 0 Å². The van der Waals surface area contributed by atoms with Crippen molar-refractivity contribution in [2.45, 2.75) is 40.0 Å². The molecule has 0 unspecified atom stereocenters. The molecule has 0 N–H and O–H groups in total. The summed E-state index contributed by atoms with van der Waals surface area (Å²) in [7, 11) is 0. The molecule has 3 aromatic carbocycles. The summed E-state index contributed by atoms with van der Waals surface area (Å²) in [5.41, 5.74) is 7.53. The number of para-hydroxylation sites is 2. The molecule has 0 bridgehead atoms. The van der Waals surface area contributed by atoms with Crippen molar-refractivity contribution in [3.05, 3.63) is 87.9 Å². The number of benzene rings is 3. The zero-order valence-electron chi connectivity index (χ0n) is 16.2. The topological polar surface area (TPSA) is 3.24 Å². The second kappa shape index (κ2) is 7.28. The molecule has 0 aromatic heterocycles. The van der Waals surface area contributed by atoms with Gasteiger partial charge in [0, 0.05) is 15.8 Å². The van der Waals surface area contributed by atoms with Crippen molar-refractivity contribution in [3.63, 3.8) is 0 Å². The second-order valence-electron chi connectivity index (χ2n) is 7.86. The van der Waals surface area contributed by atoms with E-state index < -0.39 is 0 Å². The summed E-state index contributed by atoms with van der Waals surface area (Å²) in [4.78, 5) is 2.37. The predicted octanol–water partition coefficient (Wildman–Crippen LogP) is 7.83. The number of hydrogen-bond donors (Lipinski definition) is 0. The minimum atomic E-state index is 0.0850. The molecule has 0 atom stereocenters. The van der Waals surface area contributed by atoms with Gasteiger partial charge in [-0.3, -0.25) is 0 Å². The number of hydrogen-bond acceptors (Lipinski definition) is 1. The molecule has 0 heterocycles. The number of rotatable bonds is 3. The summed E-state index contributed by atoms with van der Waals surface area (Å²) in [6, 6.07) is 23.8. The molecule has 3 aromatic rings. The maximum atomic E-state index is 3.73. The van der Waals surface area contributed by atoms with Crippen LogP contribution in [0.3, 0.4) is 0 Å². The van der Waals surface area contributed by atoms with Gasteiger partial charge in [-0.1, -0.05) is 73.1 Å². The fourth-order valence-corrected chi connectivity index (χ4v) is 3.76. The van der Waals surface area contributed by atoms with Gasteiger partial charge in [-0.2, -0.15) is 0 Å². The van der Waals surface area contributed by atoms with E-state index in [9.17, 15) is 0 Å². The Hall–Kier alpha value is -2.06. The van der Waals surface area contributed by atoms with Gasteiger partial charge in [0.05, 0.1) is 5.69 Å². The predicted molar refractivity (Wildman–Crippen MR) is 117 cm³/mol. The fraction of sp³-hybridized carbons (Fsp3) is 0.250. The van der Waals surface area contributed by atoms with Gasteiger partial charge >= 0.3 is 0 Å². The van der Waals surface area contributed by atoms with Gasteiger partial charge in [0.2, 0.25) is 0 Å². The van der Waals surface area contributed by atoms with Gasteiger partial charge in [0.25, 0.3) is 0 Å². The monoisotopic (exact) mass is 407 g/mol. The summed E-state index contributed by atoms with van der Waals surface area (Å²) in [6.07, 6.45) is 0. The fourth-order valence-electron chi connectivity index (χ4n) is 3.28. The van der Waals surface area contributed by atoms with Gasteiger partial charge in [0.15, 0.2) is 0 Å². The maximum absolute atomic E-state index is 3.73. The van der Waals surface area contributed by atoms with Crippen molar-refractivity contribution in [1.29, 1.82) is 0 Å². The average molecular weight is 408 g/mol. The number of anilines is 3. The Bertz CT molecular complexity index is 887. The van der Waals surface area contributed by atoms with Crippen LogP contribution in [0, 0.1) is 13.8 Å². The lowest BCUT2D eigenvalue weighted by atomic mass is 9.86. The highest BCUT2D eigenvalue weighted by Crippen LogP contribution is 2.41. The van der Waals surface area contributed by atoms with Gasteiger partial charge < -0.3 is 4.90 Å². The average Bonchev–Trinajstić information content (AvgIpc) is 2.57. The lowest BCUT2D eigenvalue weighted by Gasteiger charge is -2.30. The van der Waals surface area contributed by atoms with Gasteiger partial charge in [-0.25, -0.2) is 0 Å². The van der Waals surface area contributed by atoms with Crippen molar-refractivity contribution in [2.24, 2.45) is 0 Å². The van der Waals surface area contributed by atoms with Crippen LogP contribution in [0.25, 0.3) is 0 Å². The van der Waals surface area contributed by atoms with Crippen molar-refractivity contribution in [2.75, 3.05) is 4.90 Å². The summed E-state index contributed by atoms with van der Waals surface area (Å²) in [5, 5.41) is 0. The number of halogens is 1. The van der Waals surface area contributed by atoms with E-state index in [2.05, 4.69) is 122 Å². The molecular weight excluding hydrogens is 382 g/mol. The van der Waals surface area contributed by atoms with Crippen LogP contribution in [0.2, 0.25) is 0 Å². The highest BCUT2D eigenvalue weighted by molar-refractivity contribution is 9.10. The van der Waals surface area contributed by atoms with E-state index in [0.29, 0.717) is 0 Å². The molecule has 26 heavy (non-hydrogen) atoms.